The normalized spacial score (nSPS) is 21.7. The van der Waals surface area contributed by atoms with Gasteiger partial charge in [-0.25, -0.2) is 0 Å². The van der Waals surface area contributed by atoms with E-state index in [-0.39, 0.29) is 12.1 Å². The fourth-order valence-electron chi connectivity index (χ4n) is 2.22. The van der Waals surface area contributed by atoms with Crippen molar-refractivity contribution in [3.63, 3.8) is 0 Å². The molecule has 0 spiro atoms. The molecule has 94 valence electrons. The smallest absolute Gasteiger partial charge is 0.0831 e. The number of nitrogens with two attached hydrogens (primary N) is 1. The van der Waals surface area contributed by atoms with E-state index in [0.29, 0.717) is 13.2 Å². The zero-order valence-corrected chi connectivity index (χ0v) is 10.6. The van der Waals surface area contributed by atoms with Crippen molar-refractivity contribution in [1.29, 1.82) is 0 Å². The van der Waals surface area contributed by atoms with Gasteiger partial charge in [0.2, 0.25) is 0 Å². The second-order valence-electron chi connectivity index (χ2n) is 4.79. The van der Waals surface area contributed by atoms with Gasteiger partial charge < -0.3 is 15.2 Å². The Labute approximate surface area is 103 Å². The Morgan fingerprint density at radius 2 is 2.29 bits per heavy atom. The highest BCUT2D eigenvalue weighted by atomic mass is 16.5. The second kappa shape index (κ2) is 5.63. The number of rotatable bonds is 4. The molecule has 1 aliphatic rings. The largest absolute Gasteiger partial charge is 0.379 e. The summed E-state index contributed by atoms with van der Waals surface area (Å²) in [5, 5.41) is 0. The monoisotopic (exact) mass is 235 g/mol. The molecule has 1 fully saturated rings. The van der Waals surface area contributed by atoms with Crippen LogP contribution in [0.15, 0.2) is 18.2 Å². The molecule has 0 amide bonds. The summed E-state index contributed by atoms with van der Waals surface area (Å²) >= 11 is 0. The highest BCUT2D eigenvalue weighted by Gasteiger charge is 2.18. The van der Waals surface area contributed by atoms with Crippen LogP contribution in [0.5, 0.6) is 0 Å². The molecule has 17 heavy (non-hydrogen) atoms. The third kappa shape index (κ3) is 3.28. The molecule has 2 rings (SSSR count). The summed E-state index contributed by atoms with van der Waals surface area (Å²) < 4.78 is 11.0. The molecule has 2 N–H and O–H groups in total. The Morgan fingerprint density at radius 1 is 1.47 bits per heavy atom. The molecule has 1 aliphatic heterocycles. The molecule has 1 aromatic rings. The fraction of sp³-hybridized carbons (Fsp3) is 0.571. The average Bonchev–Trinajstić information content (AvgIpc) is 2.78. The van der Waals surface area contributed by atoms with E-state index in [4.69, 9.17) is 15.2 Å². The summed E-state index contributed by atoms with van der Waals surface area (Å²) in [4.78, 5) is 0. The molecule has 2 atom stereocenters. The van der Waals surface area contributed by atoms with E-state index in [9.17, 15) is 0 Å². The van der Waals surface area contributed by atoms with Gasteiger partial charge in [-0.2, -0.15) is 0 Å². The first kappa shape index (κ1) is 12.6. The summed E-state index contributed by atoms with van der Waals surface area (Å²) in [7, 11) is 0. The minimum atomic E-state index is -0.0452. The van der Waals surface area contributed by atoms with E-state index in [1.54, 1.807) is 0 Å². The van der Waals surface area contributed by atoms with Crippen molar-refractivity contribution in [3.8, 4) is 0 Å². The Hall–Kier alpha value is -0.900. The van der Waals surface area contributed by atoms with Crippen molar-refractivity contribution in [2.45, 2.75) is 32.4 Å². The SMILES string of the molecule is Cc1ccc(C(N)COC2CCOC2)c(C)c1. The van der Waals surface area contributed by atoms with Gasteiger partial charge in [-0.15, -0.1) is 0 Å². The van der Waals surface area contributed by atoms with Crippen molar-refractivity contribution in [2.24, 2.45) is 5.73 Å². The van der Waals surface area contributed by atoms with Crippen LogP contribution >= 0.6 is 0 Å². The maximum Gasteiger partial charge on any atom is 0.0831 e. The molecule has 0 radical (unpaired) electrons. The van der Waals surface area contributed by atoms with E-state index < -0.39 is 0 Å². The predicted molar refractivity (Wildman–Crippen MR) is 68.0 cm³/mol. The lowest BCUT2D eigenvalue weighted by Gasteiger charge is -2.17. The van der Waals surface area contributed by atoms with E-state index >= 15 is 0 Å². The lowest BCUT2D eigenvalue weighted by atomic mass is 10.0. The van der Waals surface area contributed by atoms with E-state index in [1.165, 1.54) is 16.7 Å². The average molecular weight is 235 g/mol. The van der Waals surface area contributed by atoms with Crippen molar-refractivity contribution < 1.29 is 9.47 Å². The Balaban J connectivity index is 1.91. The number of aryl methyl sites for hydroxylation is 2. The van der Waals surface area contributed by atoms with Gasteiger partial charge in [0.1, 0.15) is 0 Å². The van der Waals surface area contributed by atoms with Crippen LogP contribution in [0, 0.1) is 13.8 Å². The van der Waals surface area contributed by atoms with Crippen LogP contribution in [-0.4, -0.2) is 25.9 Å². The Kier molecular flexibility index (Phi) is 4.15. The zero-order valence-electron chi connectivity index (χ0n) is 10.6. The lowest BCUT2D eigenvalue weighted by molar-refractivity contribution is 0.0349. The summed E-state index contributed by atoms with van der Waals surface area (Å²) in [6.45, 7) is 6.27. The molecule has 0 aliphatic carbocycles. The van der Waals surface area contributed by atoms with Crippen LogP contribution < -0.4 is 5.73 Å². The topological polar surface area (TPSA) is 44.5 Å². The van der Waals surface area contributed by atoms with Gasteiger partial charge in [-0.05, 0) is 31.4 Å². The van der Waals surface area contributed by atoms with Gasteiger partial charge in [0.05, 0.1) is 25.4 Å². The third-order valence-electron chi connectivity index (χ3n) is 3.22. The highest BCUT2D eigenvalue weighted by molar-refractivity contribution is 5.32. The maximum absolute atomic E-state index is 6.16. The first-order valence-corrected chi connectivity index (χ1v) is 6.19. The van der Waals surface area contributed by atoms with Gasteiger partial charge in [-0.3, -0.25) is 0 Å². The standard InChI is InChI=1S/C14H21NO2/c1-10-3-4-13(11(2)7-10)14(15)9-17-12-5-6-16-8-12/h3-4,7,12,14H,5-6,8-9,15H2,1-2H3. The molecule has 0 bridgehead atoms. The van der Waals surface area contributed by atoms with Crippen LogP contribution in [-0.2, 0) is 9.47 Å². The van der Waals surface area contributed by atoms with Crippen LogP contribution in [0.25, 0.3) is 0 Å². The van der Waals surface area contributed by atoms with Crippen LogP contribution in [0.4, 0.5) is 0 Å². The van der Waals surface area contributed by atoms with E-state index in [1.807, 2.05) is 0 Å². The number of hydrogen-bond acceptors (Lipinski definition) is 3. The van der Waals surface area contributed by atoms with E-state index in [0.717, 1.165) is 13.0 Å². The van der Waals surface area contributed by atoms with Crippen molar-refractivity contribution in [1.82, 2.24) is 0 Å². The maximum atomic E-state index is 6.16. The third-order valence-corrected chi connectivity index (χ3v) is 3.22. The molecular weight excluding hydrogens is 214 g/mol. The minimum absolute atomic E-state index is 0.0452. The van der Waals surface area contributed by atoms with Crippen molar-refractivity contribution >= 4 is 0 Å². The van der Waals surface area contributed by atoms with Gasteiger partial charge in [0.15, 0.2) is 0 Å². The molecule has 1 saturated heterocycles. The molecule has 3 heteroatoms. The van der Waals surface area contributed by atoms with Crippen molar-refractivity contribution in [2.75, 3.05) is 19.8 Å². The fourth-order valence-corrected chi connectivity index (χ4v) is 2.22. The first-order chi connectivity index (χ1) is 8.16. The summed E-state index contributed by atoms with van der Waals surface area (Å²) in [5.74, 6) is 0. The Morgan fingerprint density at radius 3 is 2.94 bits per heavy atom. The molecule has 2 unspecified atom stereocenters. The first-order valence-electron chi connectivity index (χ1n) is 6.19. The Bertz CT molecular complexity index is 372. The summed E-state index contributed by atoms with van der Waals surface area (Å²) in [5.41, 5.74) is 9.84. The molecule has 3 nitrogen and oxygen atoms in total. The lowest BCUT2D eigenvalue weighted by Crippen LogP contribution is -2.23. The highest BCUT2D eigenvalue weighted by Crippen LogP contribution is 2.19. The van der Waals surface area contributed by atoms with Gasteiger partial charge in [-0.1, -0.05) is 23.8 Å². The molecular formula is C14H21NO2. The quantitative estimate of drug-likeness (QED) is 0.869. The van der Waals surface area contributed by atoms with Crippen molar-refractivity contribution in [3.05, 3.63) is 34.9 Å². The van der Waals surface area contributed by atoms with Crippen LogP contribution in [0.1, 0.15) is 29.2 Å². The summed E-state index contributed by atoms with van der Waals surface area (Å²) in [6, 6.07) is 6.31. The summed E-state index contributed by atoms with van der Waals surface area (Å²) in [6.07, 6.45) is 1.21. The number of hydrogen-bond donors (Lipinski definition) is 1. The van der Waals surface area contributed by atoms with Gasteiger partial charge in [0, 0.05) is 6.61 Å². The molecule has 1 heterocycles. The van der Waals surface area contributed by atoms with E-state index in [2.05, 4.69) is 32.0 Å². The second-order valence-corrected chi connectivity index (χ2v) is 4.79. The van der Waals surface area contributed by atoms with Crippen LogP contribution in [0.3, 0.4) is 0 Å². The number of benzene rings is 1. The zero-order chi connectivity index (χ0) is 12.3. The van der Waals surface area contributed by atoms with Crippen LogP contribution in [0.2, 0.25) is 0 Å². The van der Waals surface area contributed by atoms with Gasteiger partial charge >= 0.3 is 0 Å². The molecule has 0 saturated carbocycles. The van der Waals surface area contributed by atoms with Gasteiger partial charge in [0.25, 0.3) is 0 Å². The minimum Gasteiger partial charge on any atom is -0.379 e. The predicted octanol–water partition coefficient (Wildman–Crippen LogP) is 2.11. The molecule has 1 aromatic carbocycles. The molecule has 0 aromatic heterocycles. The number of ether oxygens (including phenoxy) is 2.